The van der Waals surface area contributed by atoms with Crippen molar-refractivity contribution in [3.8, 4) is 0 Å². The van der Waals surface area contributed by atoms with Gasteiger partial charge >= 0.3 is 0 Å². The summed E-state index contributed by atoms with van der Waals surface area (Å²) in [6, 6.07) is 8.13. The molecule has 142 valence electrons. The Morgan fingerprint density at radius 2 is 2.15 bits per heavy atom. The third kappa shape index (κ3) is 3.84. The molecule has 0 spiro atoms. The van der Waals surface area contributed by atoms with E-state index >= 15 is 0 Å². The van der Waals surface area contributed by atoms with Crippen LogP contribution < -0.4 is 5.32 Å². The van der Waals surface area contributed by atoms with Crippen LogP contribution in [0.3, 0.4) is 0 Å². The van der Waals surface area contributed by atoms with Gasteiger partial charge in [0.15, 0.2) is 0 Å². The first-order valence-electron chi connectivity index (χ1n) is 9.01. The van der Waals surface area contributed by atoms with Crippen LogP contribution in [-0.2, 0) is 11.2 Å². The second-order valence-electron chi connectivity index (χ2n) is 6.96. The number of hydrogen-bond acceptors (Lipinski definition) is 4. The van der Waals surface area contributed by atoms with Gasteiger partial charge in [-0.3, -0.25) is 9.78 Å². The standard InChI is InChI=1S/C21H23N3O2.ClH/c1-14-8-18-17(13-26-20(18)9-15(14)2)10-21(25)24-7-6-23-12-19(24)16-4-3-5-22-11-16;/h3-5,8-9,11,13,19,23H,6-7,10,12H2,1-2H3;1H. The average molecular weight is 386 g/mol. The predicted octanol–water partition coefficient (Wildman–Crippen LogP) is 3.58. The molecular formula is C21H24ClN3O2. The number of carbonyl (C=O) groups is 1. The molecule has 0 saturated carbocycles. The van der Waals surface area contributed by atoms with Crippen LogP contribution in [-0.4, -0.2) is 35.4 Å². The smallest absolute Gasteiger partial charge is 0.227 e. The molecule has 1 aliphatic heterocycles. The maximum atomic E-state index is 13.1. The van der Waals surface area contributed by atoms with E-state index in [1.54, 1.807) is 12.5 Å². The molecule has 6 heteroatoms. The Balaban J connectivity index is 0.00000210. The molecule has 1 unspecified atom stereocenters. The molecule has 1 saturated heterocycles. The SMILES string of the molecule is Cc1cc2occ(CC(=O)N3CCNCC3c3cccnc3)c2cc1C.Cl. The molecule has 1 amide bonds. The minimum Gasteiger partial charge on any atom is -0.464 e. The van der Waals surface area contributed by atoms with E-state index in [0.29, 0.717) is 13.0 Å². The van der Waals surface area contributed by atoms with Gasteiger partial charge in [0, 0.05) is 43.0 Å². The van der Waals surface area contributed by atoms with Gasteiger partial charge < -0.3 is 14.6 Å². The number of halogens is 1. The number of nitrogens with one attached hydrogen (secondary N) is 1. The number of pyridine rings is 1. The summed E-state index contributed by atoms with van der Waals surface area (Å²) in [6.45, 7) is 6.42. The molecule has 1 N–H and O–H groups in total. The molecular weight excluding hydrogens is 362 g/mol. The maximum absolute atomic E-state index is 13.1. The Bertz CT molecular complexity index is 939. The van der Waals surface area contributed by atoms with Gasteiger partial charge in [-0.25, -0.2) is 0 Å². The summed E-state index contributed by atoms with van der Waals surface area (Å²) in [5.41, 5.74) is 5.28. The zero-order valence-electron chi connectivity index (χ0n) is 15.6. The molecule has 3 heterocycles. The van der Waals surface area contributed by atoms with Crippen molar-refractivity contribution < 1.29 is 9.21 Å². The normalized spacial score (nSPS) is 17.0. The lowest BCUT2D eigenvalue weighted by Gasteiger charge is -2.36. The fraction of sp³-hybridized carbons (Fsp3) is 0.333. The Hall–Kier alpha value is -2.37. The van der Waals surface area contributed by atoms with Gasteiger partial charge in [0.2, 0.25) is 5.91 Å². The van der Waals surface area contributed by atoms with Crippen LogP contribution in [0.25, 0.3) is 11.0 Å². The molecule has 1 fully saturated rings. The number of aromatic nitrogens is 1. The van der Waals surface area contributed by atoms with Crippen molar-refractivity contribution in [2.75, 3.05) is 19.6 Å². The lowest BCUT2D eigenvalue weighted by molar-refractivity contribution is -0.133. The van der Waals surface area contributed by atoms with Crippen LogP contribution in [0.1, 0.15) is 28.3 Å². The topological polar surface area (TPSA) is 58.4 Å². The molecule has 3 aromatic rings. The minimum absolute atomic E-state index is 0. The lowest BCUT2D eigenvalue weighted by atomic mass is 10.0. The van der Waals surface area contributed by atoms with E-state index in [1.165, 1.54) is 11.1 Å². The fourth-order valence-electron chi connectivity index (χ4n) is 3.61. The monoisotopic (exact) mass is 385 g/mol. The highest BCUT2D eigenvalue weighted by molar-refractivity contribution is 5.88. The molecule has 1 aliphatic rings. The number of benzene rings is 1. The number of amides is 1. The Morgan fingerprint density at radius 3 is 2.93 bits per heavy atom. The van der Waals surface area contributed by atoms with E-state index in [1.807, 2.05) is 29.3 Å². The predicted molar refractivity (Wildman–Crippen MR) is 108 cm³/mol. The highest BCUT2D eigenvalue weighted by Crippen LogP contribution is 2.27. The highest BCUT2D eigenvalue weighted by Gasteiger charge is 2.28. The van der Waals surface area contributed by atoms with E-state index in [4.69, 9.17) is 4.42 Å². The van der Waals surface area contributed by atoms with Crippen molar-refractivity contribution in [1.82, 2.24) is 15.2 Å². The second kappa shape index (κ2) is 8.11. The molecule has 1 atom stereocenters. The zero-order chi connectivity index (χ0) is 18.1. The summed E-state index contributed by atoms with van der Waals surface area (Å²) in [4.78, 5) is 19.3. The molecule has 0 bridgehead atoms. The van der Waals surface area contributed by atoms with Crippen LogP contribution in [0.15, 0.2) is 47.3 Å². The number of fused-ring (bicyclic) bond motifs is 1. The molecule has 1 aromatic carbocycles. The number of rotatable bonds is 3. The highest BCUT2D eigenvalue weighted by atomic mass is 35.5. The molecule has 5 nitrogen and oxygen atoms in total. The number of nitrogens with zero attached hydrogens (tertiary/aromatic N) is 2. The van der Waals surface area contributed by atoms with Crippen molar-refractivity contribution in [1.29, 1.82) is 0 Å². The maximum Gasteiger partial charge on any atom is 0.227 e. The third-order valence-corrected chi connectivity index (χ3v) is 5.24. The van der Waals surface area contributed by atoms with Crippen molar-refractivity contribution in [2.45, 2.75) is 26.3 Å². The van der Waals surface area contributed by atoms with Gasteiger partial charge in [-0.1, -0.05) is 6.07 Å². The van der Waals surface area contributed by atoms with Gasteiger partial charge in [0.1, 0.15) is 5.58 Å². The summed E-state index contributed by atoms with van der Waals surface area (Å²) in [5.74, 6) is 0.126. The van der Waals surface area contributed by atoms with Gasteiger partial charge in [0.25, 0.3) is 0 Å². The Morgan fingerprint density at radius 1 is 1.33 bits per heavy atom. The van der Waals surface area contributed by atoms with Gasteiger partial charge in [-0.15, -0.1) is 12.4 Å². The van der Waals surface area contributed by atoms with E-state index in [0.717, 1.165) is 35.2 Å². The van der Waals surface area contributed by atoms with Crippen LogP contribution in [0.5, 0.6) is 0 Å². The second-order valence-corrected chi connectivity index (χ2v) is 6.96. The fourth-order valence-corrected chi connectivity index (χ4v) is 3.61. The van der Waals surface area contributed by atoms with Crippen LogP contribution >= 0.6 is 12.4 Å². The van der Waals surface area contributed by atoms with Crippen LogP contribution in [0.4, 0.5) is 0 Å². The lowest BCUT2D eigenvalue weighted by Crippen LogP contribution is -2.49. The van der Waals surface area contributed by atoms with E-state index < -0.39 is 0 Å². The summed E-state index contributed by atoms with van der Waals surface area (Å²) < 4.78 is 5.69. The largest absolute Gasteiger partial charge is 0.464 e. The Kier molecular flexibility index (Phi) is 5.82. The summed E-state index contributed by atoms with van der Waals surface area (Å²) in [7, 11) is 0. The van der Waals surface area contributed by atoms with E-state index in [9.17, 15) is 4.79 Å². The molecule has 0 radical (unpaired) electrons. The third-order valence-electron chi connectivity index (χ3n) is 5.24. The van der Waals surface area contributed by atoms with Crippen molar-refractivity contribution >= 4 is 29.3 Å². The van der Waals surface area contributed by atoms with E-state index in [2.05, 4.69) is 30.2 Å². The molecule has 2 aromatic heterocycles. The van der Waals surface area contributed by atoms with Crippen molar-refractivity contribution in [3.05, 3.63) is 65.2 Å². The number of hydrogen-bond donors (Lipinski definition) is 1. The quantitative estimate of drug-likeness (QED) is 0.748. The Labute approximate surface area is 165 Å². The van der Waals surface area contributed by atoms with Crippen LogP contribution in [0.2, 0.25) is 0 Å². The molecule has 27 heavy (non-hydrogen) atoms. The summed E-state index contributed by atoms with van der Waals surface area (Å²) in [6.07, 6.45) is 5.68. The molecule has 0 aliphatic carbocycles. The zero-order valence-corrected chi connectivity index (χ0v) is 16.4. The van der Waals surface area contributed by atoms with Crippen molar-refractivity contribution in [3.63, 3.8) is 0 Å². The molecule has 4 rings (SSSR count). The summed E-state index contributed by atoms with van der Waals surface area (Å²) in [5, 5.41) is 4.42. The first-order chi connectivity index (χ1) is 12.6. The van der Waals surface area contributed by atoms with Crippen LogP contribution in [0, 0.1) is 13.8 Å². The van der Waals surface area contributed by atoms with Gasteiger partial charge in [-0.2, -0.15) is 0 Å². The van der Waals surface area contributed by atoms with Gasteiger partial charge in [0.05, 0.1) is 18.7 Å². The van der Waals surface area contributed by atoms with E-state index in [-0.39, 0.29) is 24.4 Å². The first-order valence-corrected chi connectivity index (χ1v) is 9.01. The summed E-state index contributed by atoms with van der Waals surface area (Å²) >= 11 is 0. The number of aryl methyl sites for hydroxylation is 2. The first kappa shape index (κ1) is 19.4. The number of piperazine rings is 1. The number of carbonyl (C=O) groups excluding carboxylic acids is 1. The average Bonchev–Trinajstić information content (AvgIpc) is 3.04. The van der Waals surface area contributed by atoms with Crippen molar-refractivity contribution in [2.24, 2.45) is 0 Å². The minimum atomic E-state index is 0. The number of furan rings is 1. The van der Waals surface area contributed by atoms with Gasteiger partial charge in [-0.05, 0) is 48.7 Å².